The van der Waals surface area contributed by atoms with Gasteiger partial charge in [-0.25, -0.2) is 4.39 Å². The molecule has 0 aromatic heterocycles. The van der Waals surface area contributed by atoms with Gasteiger partial charge in [-0.2, -0.15) is 26.3 Å². The summed E-state index contributed by atoms with van der Waals surface area (Å²) in [5.41, 5.74) is 0.507. The van der Waals surface area contributed by atoms with Gasteiger partial charge in [0.05, 0.1) is 17.2 Å². The van der Waals surface area contributed by atoms with Crippen molar-refractivity contribution in [3.8, 4) is 5.75 Å². The van der Waals surface area contributed by atoms with Crippen molar-refractivity contribution < 1.29 is 40.6 Å². The van der Waals surface area contributed by atoms with Gasteiger partial charge >= 0.3 is 12.4 Å². The molecule has 1 atom stereocenters. The fourth-order valence-corrected chi connectivity index (χ4v) is 6.11. The molecule has 4 aromatic carbocycles. The summed E-state index contributed by atoms with van der Waals surface area (Å²) < 4.78 is 101. The predicted molar refractivity (Wildman–Crippen MR) is 166 cm³/mol. The summed E-state index contributed by atoms with van der Waals surface area (Å²) in [5, 5.41) is 9.28. The lowest BCUT2D eigenvalue weighted by molar-refractivity contribution is -0.208. The molecular weight excluding hydrogens is 655 g/mol. The largest absolute Gasteiger partial charge is 0.493 e. The number of benzene rings is 4. The quantitative estimate of drug-likeness (QED) is 0.0863. The molecule has 0 aliphatic rings. The molecule has 4 rings (SSSR count). The SMILES string of the molecule is CSc1cc(OCCCN(Cc2cccc(C(F)(F)F)c2Cl)CC(c2ccccc2)c2ccccc2)cc(F)c1C(O)C(F)(F)F. The summed E-state index contributed by atoms with van der Waals surface area (Å²) in [6.45, 7) is 0.873. The second-order valence-electron chi connectivity index (χ2n) is 10.6. The molecule has 0 saturated heterocycles. The van der Waals surface area contributed by atoms with Crippen molar-refractivity contribution >= 4 is 23.4 Å². The van der Waals surface area contributed by atoms with Crippen LogP contribution in [0.1, 0.15) is 46.3 Å². The van der Waals surface area contributed by atoms with Crippen molar-refractivity contribution in [2.45, 2.75) is 42.2 Å². The highest BCUT2D eigenvalue weighted by Crippen LogP contribution is 2.40. The first kappa shape index (κ1) is 35.6. The topological polar surface area (TPSA) is 32.7 Å². The Morgan fingerprint density at radius 3 is 2.02 bits per heavy atom. The zero-order valence-electron chi connectivity index (χ0n) is 24.6. The van der Waals surface area contributed by atoms with E-state index in [1.54, 1.807) is 6.07 Å². The molecule has 0 aliphatic heterocycles. The van der Waals surface area contributed by atoms with E-state index in [2.05, 4.69) is 0 Å². The van der Waals surface area contributed by atoms with Crippen LogP contribution in [0.25, 0.3) is 0 Å². The first-order chi connectivity index (χ1) is 21.8. The van der Waals surface area contributed by atoms with Gasteiger partial charge in [0, 0.05) is 42.1 Å². The van der Waals surface area contributed by atoms with Crippen LogP contribution in [-0.2, 0) is 12.7 Å². The Bertz CT molecular complexity index is 1530. The number of ether oxygens (including phenoxy) is 1. The first-order valence-corrected chi connectivity index (χ1v) is 15.8. The lowest BCUT2D eigenvalue weighted by Crippen LogP contribution is -2.31. The Kier molecular flexibility index (Phi) is 12.0. The summed E-state index contributed by atoms with van der Waals surface area (Å²) in [4.78, 5) is 1.85. The Morgan fingerprint density at radius 1 is 0.870 bits per heavy atom. The lowest BCUT2D eigenvalue weighted by atomic mass is 9.90. The van der Waals surface area contributed by atoms with Crippen molar-refractivity contribution in [1.82, 2.24) is 4.90 Å². The minimum Gasteiger partial charge on any atom is -0.493 e. The van der Waals surface area contributed by atoms with Crippen LogP contribution in [0.4, 0.5) is 30.7 Å². The zero-order chi connectivity index (χ0) is 33.5. The van der Waals surface area contributed by atoms with Crippen LogP contribution < -0.4 is 4.74 Å². The highest BCUT2D eigenvalue weighted by molar-refractivity contribution is 7.98. The van der Waals surface area contributed by atoms with E-state index in [0.29, 0.717) is 25.1 Å². The summed E-state index contributed by atoms with van der Waals surface area (Å²) in [5.74, 6) is -1.40. The van der Waals surface area contributed by atoms with Gasteiger partial charge in [0.15, 0.2) is 6.10 Å². The molecule has 46 heavy (non-hydrogen) atoms. The number of aliphatic hydroxyl groups is 1. The van der Waals surface area contributed by atoms with Crippen molar-refractivity contribution in [2.75, 3.05) is 26.0 Å². The maximum Gasteiger partial charge on any atom is 0.418 e. The van der Waals surface area contributed by atoms with E-state index < -0.39 is 35.4 Å². The van der Waals surface area contributed by atoms with E-state index in [9.17, 15) is 35.8 Å². The molecule has 12 heteroatoms. The molecule has 0 aliphatic carbocycles. The van der Waals surface area contributed by atoms with Crippen LogP contribution in [0.5, 0.6) is 5.75 Å². The smallest absolute Gasteiger partial charge is 0.418 e. The van der Waals surface area contributed by atoms with E-state index in [1.165, 1.54) is 18.4 Å². The van der Waals surface area contributed by atoms with Gasteiger partial charge in [0.25, 0.3) is 0 Å². The standard InChI is InChI=1S/C34H31ClF7NO2S/c1-46-29-19-25(18-28(36)30(29)32(44)34(40,41)42)45-17-9-16-43(20-24-14-8-15-27(31(24)35)33(37,38)39)21-26(22-10-4-2-5-11-22)23-12-6-3-7-13-23/h2-8,10-15,18-19,26,32,44H,9,16-17,20-21H2,1H3. The number of hydrogen-bond acceptors (Lipinski definition) is 4. The Labute approximate surface area is 272 Å². The average molecular weight is 686 g/mol. The molecule has 246 valence electrons. The van der Waals surface area contributed by atoms with Crippen LogP contribution in [0.15, 0.2) is 95.9 Å². The van der Waals surface area contributed by atoms with Crippen molar-refractivity contribution in [3.63, 3.8) is 0 Å². The van der Waals surface area contributed by atoms with Crippen LogP contribution in [0.2, 0.25) is 5.02 Å². The van der Waals surface area contributed by atoms with E-state index >= 15 is 0 Å². The number of halogens is 8. The highest BCUT2D eigenvalue weighted by Gasteiger charge is 2.42. The van der Waals surface area contributed by atoms with E-state index in [0.717, 1.165) is 35.0 Å². The lowest BCUT2D eigenvalue weighted by Gasteiger charge is -2.29. The average Bonchev–Trinajstić information content (AvgIpc) is 3.01. The molecule has 0 radical (unpaired) electrons. The second kappa shape index (κ2) is 15.6. The molecule has 0 heterocycles. The highest BCUT2D eigenvalue weighted by atomic mass is 35.5. The molecular formula is C34H31ClF7NO2S. The van der Waals surface area contributed by atoms with Crippen LogP contribution in [0, 0.1) is 5.82 Å². The molecule has 0 spiro atoms. The fraction of sp³-hybridized carbons (Fsp3) is 0.294. The number of aliphatic hydroxyl groups excluding tert-OH is 1. The summed E-state index contributed by atoms with van der Waals surface area (Å²) >= 11 is 7.10. The number of thioether (sulfide) groups is 1. The number of hydrogen-bond donors (Lipinski definition) is 1. The Hall–Kier alpha value is -3.25. The van der Waals surface area contributed by atoms with Crippen LogP contribution in [-0.4, -0.2) is 42.1 Å². The third-order valence-corrected chi connectivity index (χ3v) is 8.60. The van der Waals surface area contributed by atoms with Crippen molar-refractivity contribution in [2.24, 2.45) is 0 Å². The van der Waals surface area contributed by atoms with Crippen LogP contribution in [0.3, 0.4) is 0 Å². The predicted octanol–water partition coefficient (Wildman–Crippen LogP) is 9.92. The molecule has 0 fully saturated rings. The van der Waals surface area contributed by atoms with Gasteiger partial charge in [-0.15, -0.1) is 11.8 Å². The van der Waals surface area contributed by atoms with E-state index in [-0.39, 0.29) is 34.7 Å². The third kappa shape index (κ3) is 9.18. The maximum absolute atomic E-state index is 14.7. The molecule has 4 aromatic rings. The van der Waals surface area contributed by atoms with E-state index in [4.69, 9.17) is 16.3 Å². The number of rotatable bonds is 13. The molecule has 0 saturated carbocycles. The minimum atomic E-state index is -5.04. The zero-order valence-corrected chi connectivity index (χ0v) is 26.2. The number of alkyl halides is 6. The van der Waals surface area contributed by atoms with Crippen molar-refractivity contribution in [3.05, 3.63) is 130 Å². The first-order valence-electron chi connectivity index (χ1n) is 14.2. The van der Waals surface area contributed by atoms with E-state index in [1.807, 2.05) is 65.6 Å². The Morgan fingerprint density at radius 2 is 1.48 bits per heavy atom. The van der Waals surface area contributed by atoms with Gasteiger partial charge in [-0.05, 0) is 41.5 Å². The third-order valence-electron chi connectivity index (χ3n) is 7.38. The maximum atomic E-state index is 14.7. The normalized spacial score (nSPS) is 13.0. The van der Waals surface area contributed by atoms with Gasteiger partial charge in [0.1, 0.15) is 11.6 Å². The molecule has 1 unspecified atom stereocenters. The molecule has 0 amide bonds. The second-order valence-corrected chi connectivity index (χ2v) is 11.8. The van der Waals surface area contributed by atoms with Gasteiger partial charge in [-0.1, -0.05) is 84.4 Å². The molecule has 0 bridgehead atoms. The summed E-state index contributed by atoms with van der Waals surface area (Å²) in [7, 11) is 0. The molecule has 3 nitrogen and oxygen atoms in total. The van der Waals surface area contributed by atoms with Gasteiger partial charge in [-0.3, -0.25) is 4.90 Å². The monoisotopic (exact) mass is 685 g/mol. The number of nitrogens with zero attached hydrogens (tertiary/aromatic N) is 1. The fourth-order valence-electron chi connectivity index (χ4n) is 5.16. The Balaban J connectivity index is 1.56. The van der Waals surface area contributed by atoms with Crippen molar-refractivity contribution in [1.29, 1.82) is 0 Å². The molecule has 1 N–H and O–H groups in total. The summed E-state index contributed by atoms with van der Waals surface area (Å²) in [6.07, 6.45) is -10.9. The van der Waals surface area contributed by atoms with Gasteiger partial charge < -0.3 is 9.84 Å². The van der Waals surface area contributed by atoms with Crippen LogP contribution >= 0.6 is 23.4 Å². The minimum absolute atomic E-state index is 0.0149. The van der Waals surface area contributed by atoms with Gasteiger partial charge in [0.2, 0.25) is 0 Å². The summed E-state index contributed by atoms with van der Waals surface area (Å²) in [6, 6.07) is 25.2.